The molecule has 2 N–H and O–H groups in total. The Morgan fingerprint density at radius 1 is 1.11 bits per heavy atom. The molecule has 3 aromatic rings. The second-order valence-corrected chi connectivity index (χ2v) is 8.89. The Bertz CT molecular complexity index is 962. The second kappa shape index (κ2) is 9.76. The highest BCUT2D eigenvalue weighted by Gasteiger charge is 2.13. The summed E-state index contributed by atoms with van der Waals surface area (Å²) >= 11 is 20.5. The molecule has 0 saturated heterocycles. The van der Waals surface area contributed by atoms with Crippen LogP contribution in [0.15, 0.2) is 40.7 Å². The van der Waals surface area contributed by atoms with Crippen molar-refractivity contribution < 1.29 is 9.18 Å². The highest BCUT2D eigenvalue weighted by Crippen LogP contribution is 2.34. The monoisotopic (exact) mass is 476 g/mol. The van der Waals surface area contributed by atoms with E-state index in [9.17, 15) is 9.18 Å². The molecule has 5 nitrogen and oxygen atoms in total. The molecule has 146 valence electrons. The summed E-state index contributed by atoms with van der Waals surface area (Å²) in [5.74, 6) is -0.452. The summed E-state index contributed by atoms with van der Waals surface area (Å²) < 4.78 is 13.5. The maximum absolute atomic E-state index is 12.9. The number of thioether (sulfide) groups is 1. The van der Waals surface area contributed by atoms with E-state index in [1.165, 1.54) is 47.4 Å². The van der Waals surface area contributed by atoms with E-state index in [4.69, 9.17) is 34.8 Å². The fraction of sp³-hybridized carbons (Fsp3) is 0.118. The highest BCUT2D eigenvalue weighted by atomic mass is 35.5. The first kappa shape index (κ1) is 21.1. The van der Waals surface area contributed by atoms with Gasteiger partial charge in [-0.1, -0.05) is 70.0 Å². The first-order valence-corrected chi connectivity index (χ1v) is 10.7. The van der Waals surface area contributed by atoms with Crippen LogP contribution in [0.3, 0.4) is 0 Å². The predicted octanol–water partition coefficient (Wildman–Crippen LogP) is 5.98. The largest absolute Gasteiger partial charge is 0.356 e. The second-order valence-electron chi connectivity index (χ2n) is 5.43. The molecule has 0 radical (unpaired) electrons. The Balaban J connectivity index is 1.50. The van der Waals surface area contributed by atoms with Gasteiger partial charge in [-0.05, 0) is 29.8 Å². The number of nitrogens with zero attached hydrogens (tertiary/aromatic N) is 2. The number of halogens is 4. The third kappa shape index (κ3) is 5.96. The normalized spacial score (nSPS) is 10.7. The first-order chi connectivity index (χ1) is 13.4. The van der Waals surface area contributed by atoms with Gasteiger partial charge in [-0.25, -0.2) is 4.39 Å². The summed E-state index contributed by atoms with van der Waals surface area (Å²) in [5, 5.41) is 15.3. The van der Waals surface area contributed by atoms with Crippen molar-refractivity contribution in [2.75, 3.05) is 16.4 Å². The van der Waals surface area contributed by atoms with Crippen LogP contribution in [0.1, 0.15) is 5.56 Å². The Labute approximate surface area is 183 Å². The molecule has 0 atom stereocenters. The van der Waals surface area contributed by atoms with Crippen LogP contribution < -0.4 is 10.6 Å². The topological polar surface area (TPSA) is 66.9 Å². The number of hydrogen-bond donors (Lipinski definition) is 2. The van der Waals surface area contributed by atoms with Gasteiger partial charge in [0.1, 0.15) is 5.82 Å². The van der Waals surface area contributed by atoms with Gasteiger partial charge in [0, 0.05) is 11.6 Å². The third-order valence-corrected chi connectivity index (χ3v) is 6.19. The van der Waals surface area contributed by atoms with E-state index in [-0.39, 0.29) is 27.5 Å². The summed E-state index contributed by atoms with van der Waals surface area (Å²) in [6.07, 6.45) is 0. The van der Waals surface area contributed by atoms with Crippen LogP contribution in [0.2, 0.25) is 15.1 Å². The molecule has 2 aromatic carbocycles. The average molecular weight is 478 g/mol. The molecule has 0 aliphatic rings. The maximum Gasteiger partial charge on any atom is 0.234 e. The van der Waals surface area contributed by atoms with Crippen LogP contribution in [0.4, 0.5) is 15.2 Å². The lowest BCUT2D eigenvalue weighted by atomic mass is 10.2. The van der Waals surface area contributed by atoms with E-state index in [1.54, 1.807) is 12.1 Å². The molecule has 1 heterocycles. The van der Waals surface area contributed by atoms with Gasteiger partial charge in [-0.2, -0.15) is 0 Å². The van der Waals surface area contributed by atoms with Gasteiger partial charge in [-0.3, -0.25) is 4.79 Å². The van der Waals surface area contributed by atoms with E-state index in [0.717, 1.165) is 5.56 Å². The Morgan fingerprint density at radius 2 is 1.79 bits per heavy atom. The Hall–Kier alpha value is -1.58. The zero-order valence-corrected chi connectivity index (χ0v) is 17.9. The Morgan fingerprint density at radius 3 is 2.46 bits per heavy atom. The molecule has 11 heteroatoms. The number of rotatable bonds is 7. The van der Waals surface area contributed by atoms with Crippen molar-refractivity contribution in [2.45, 2.75) is 10.9 Å². The molecule has 0 aliphatic heterocycles. The number of carbonyl (C=O) groups excluding carboxylic acids is 1. The smallest absolute Gasteiger partial charge is 0.234 e. The summed E-state index contributed by atoms with van der Waals surface area (Å²) in [6, 6.07) is 9.18. The van der Waals surface area contributed by atoms with Crippen LogP contribution in [-0.2, 0) is 11.3 Å². The summed E-state index contributed by atoms with van der Waals surface area (Å²) in [6.45, 7) is 0.494. The number of nitrogens with one attached hydrogen (secondary N) is 2. The van der Waals surface area contributed by atoms with Crippen molar-refractivity contribution in [3.63, 3.8) is 0 Å². The van der Waals surface area contributed by atoms with Gasteiger partial charge in [0.25, 0.3) is 0 Å². The van der Waals surface area contributed by atoms with Crippen molar-refractivity contribution in [1.82, 2.24) is 10.2 Å². The van der Waals surface area contributed by atoms with Crippen molar-refractivity contribution in [3.8, 4) is 0 Å². The lowest BCUT2D eigenvalue weighted by Crippen LogP contribution is -2.14. The first-order valence-electron chi connectivity index (χ1n) is 7.80. The van der Waals surface area contributed by atoms with Gasteiger partial charge < -0.3 is 10.6 Å². The van der Waals surface area contributed by atoms with E-state index in [0.29, 0.717) is 26.7 Å². The van der Waals surface area contributed by atoms with E-state index in [1.807, 2.05) is 0 Å². The van der Waals surface area contributed by atoms with Crippen molar-refractivity contribution in [3.05, 3.63) is 62.8 Å². The van der Waals surface area contributed by atoms with Crippen LogP contribution in [-0.4, -0.2) is 21.9 Å². The molecule has 0 saturated carbocycles. The maximum atomic E-state index is 12.9. The summed E-state index contributed by atoms with van der Waals surface area (Å²) in [4.78, 5) is 12.1. The summed E-state index contributed by atoms with van der Waals surface area (Å²) in [5.41, 5.74) is 1.24. The van der Waals surface area contributed by atoms with Crippen molar-refractivity contribution in [2.24, 2.45) is 0 Å². The SMILES string of the molecule is O=C(CSc1nnc(NCc2ccc(F)cc2)s1)Nc1c(Cl)cc(Cl)cc1Cl. The molecule has 0 unspecified atom stereocenters. The molecule has 3 rings (SSSR count). The van der Waals surface area contributed by atoms with Crippen molar-refractivity contribution in [1.29, 1.82) is 0 Å². The van der Waals surface area contributed by atoms with E-state index in [2.05, 4.69) is 20.8 Å². The minimum atomic E-state index is -0.285. The van der Waals surface area contributed by atoms with E-state index >= 15 is 0 Å². The molecule has 0 fully saturated rings. The highest BCUT2D eigenvalue weighted by molar-refractivity contribution is 8.01. The standard InChI is InChI=1S/C17H12Cl3FN4OS2/c18-10-5-12(19)15(13(20)6-10)23-14(26)8-27-17-25-24-16(28-17)22-7-9-1-3-11(21)4-2-9/h1-6H,7-8H2,(H,22,24)(H,23,26). The minimum Gasteiger partial charge on any atom is -0.356 e. The number of anilines is 2. The zero-order chi connectivity index (χ0) is 20.1. The van der Waals surface area contributed by atoms with Crippen LogP contribution in [0.25, 0.3) is 0 Å². The average Bonchev–Trinajstić information content (AvgIpc) is 3.10. The number of carbonyl (C=O) groups is 1. The number of benzene rings is 2. The van der Waals surface area contributed by atoms with Crippen LogP contribution in [0.5, 0.6) is 0 Å². The zero-order valence-electron chi connectivity index (χ0n) is 14.0. The number of amides is 1. The molecular weight excluding hydrogens is 466 g/mol. The van der Waals surface area contributed by atoms with Gasteiger partial charge in [0.2, 0.25) is 11.0 Å². The molecular formula is C17H12Cl3FN4OS2. The summed E-state index contributed by atoms with van der Waals surface area (Å²) in [7, 11) is 0. The minimum absolute atomic E-state index is 0.113. The Kier molecular flexibility index (Phi) is 7.36. The molecule has 0 bridgehead atoms. The number of hydrogen-bond acceptors (Lipinski definition) is 6. The molecule has 0 aliphatic carbocycles. The number of aromatic nitrogens is 2. The quantitative estimate of drug-likeness (QED) is 0.410. The fourth-order valence-electron chi connectivity index (χ4n) is 2.08. The lowest BCUT2D eigenvalue weighted by molar-refractivity contribution is -0.113. The molecule has 28 heavy (non-hydrogen) atoms. The van der Waals surface area contributed by atoms with Crippen LogP contribution >= 0.6 is 57.9 Å². The lowest BCUT2D eigenvalue weighted by Gasteiger charge is -2.09. The van der Waals surface area contributed by atoms with Gasteiger partial charge in [0.05, 0.1) is 21.5 Å². The van der Waals surface area contributed by atoms with E-state index < -0.39 is 0 Å². The third-order valence-electron chi connectivity index (χ3n) is 3.36. The van der Waals surface area contributed by atoms with Gasteiger partial charge in [-0.15, -0.1) is 10.2 Å². The van der Waals surface area contributed by atoms with Crippen LogP contribution in [0, 0.1) is 5.82 Å². The molecule has 1 amide bonds. The predicted molar refractivity (Wildman–Crippen MR) is 114 cm³/mol. The fourth-order valence-corrected chi connectivity index (χ4v) is 4.54. The van der Waals surface area contributed by atoms with Gasteiger partial charge in [0.15, 0.2) is 4.34 Å². The molecule has 0 spiro atoms. The van der Waals surface area contributed by atoms with Crippen molar-refractivity contribution >= 4 is 74.6 Å². The van der Waals surface area contributed by atoms with Gasteiger partial charge >= 0.3 is 0 Å². The molecule has 1 aromatic heterocycles.